The number of hydrogen-bond donors (Lipinski definition) is 2. The van der Waals surface area contributed by atoms with Gasteiger partial charge in [-0.1, -0.05) is 6.07 Å². The average molecular weight is 239 g/mol. The van der Waals surface area contributed by atoms with Crippen LogP contribution in [-0.2, 0) is 11.3 Å². The van der Waals surface area contributed by atoms with Crippen molar-refractivity contribution in [3.63, 3.8) is 0 Å². The zero-order chi connectivity index (χ0) is 12.1. The van der Waals surface area contributed by atoms with Crippen molar-refractivity contribution in [2.45, 2.75) is 20.4 Å². The number of hydrogen-bond acceptors (Lipinski definition) is 3. The summed E-state index contributed by atoms with van der Waals surface area (Å²) in [6.07, 6.45) is 0. The molecule has 1 aromatic rings. The van der Waals surface area contributed by atoms with Crippen molar-refractivity contribution in [3.05, 3.63) is 28.8 Å². The van der Waals surface area contributed by atoms with Gasteiger partial charge in [0.25, 0.3) is 0 Å². The Morgan fingerprint density at radius 3 is 2.56 bits per heavy atom. The highest BCUT2D eigenvalue weighted by atomic mass is 32.1. The Labute approximate surface area is 102 Å². The molecule has 16 heavy (non-hydrogen) atoms. The van der Waals surface area contributed by atoms with Gasteiger partial charge >= 0.3 is 0 Å². The van der Waals surface area contributed by atoms with Crippen LogP contribution < -0.4 is 10.1 Å². The molecule has 0 aliphatic heterocycles. The summed E-state index contributed by atoms with van der Waals surface area (Å²) in [5, 5.41) is 2.77. The molecule has 1 N–H and O–H groups in total. The van der Waals surface area contributed by atoms with Crippen LogP contribution in [0.25, 0.3) is 0 Å². The van der Waals surface area contributed by atoms with Crippen LogP contribution in [0.2, 0.25) is 0 Å². The van der Waals surface area contributed by atoms with Crippen LogP contribution in [0.3, 0.4) is 0 Å². The monoisotopic (exact) mass is 239 g/mol. The van der Waals surface area contributed by atoms with Gasteiger partial charge in [0.1, 0.15) is 5.75 Å². The summed E-state index contributed by atoms with van der Waals surface area (Å²) in [4.78, 5) is 11.1. The first-order chi connectivity index (χ1) is 7.58. The minimum Gasteiger partial charge on any atom is -0.496 e. The Balaban J connectivity index is 2.86. The van der Waals surface area contributed by atoms with Gasteiger partial charge in [0.2, 0.25) is 5.91 Å². The van der Waals surface area contributed by atoms with E-state index in [4.69, 9.17) is 4.74 Å². The van der Waals surface area contributed by atoms with Crippen LogP contribution in [-0.4, -0.2) is 18.8 Å². The predicted molar refractivity (Wildman–Crippen MR) is 68.2 cm³/mol. The zero-order valence-electron chi connectivity index (χ0n) is 9.83. The van der Waals surface area contributed by atoms with E-state index in [0.717, 1.165) is 11.3 Å². The van der Waals surface area contributed by atoms with E-state index >= 15 is 0 Å². The van der Waals surface area contributed by atoms with E-state index in [1.165, 1.54) is 11.1 Å². The fourth-order valence-electron chi connectivity index (χ4n) is 1.43. The maximum atomic E-state index is 11.1. The Kier molecular flexibility index (Phi) is 4.68. The Bertz CT molecular complexity index is 391. The Morgan fingerprint density at radius 2 is 2.00 bits per heavy atom. The summed E-state index contributed by atoms with van der Waals surface area (Å²) in [6.45, 7) is 4.55. The van der Waals surface area contributed by atoms with Gasteiger partial charge in [-0.3, -0.25) is 4.79 Å². The first-order valence-corrected chi connectivity index (χ1v) is 5.73. The second-order valence-corrected chi connectivity index (χ2v) is 4.00. The highest BCUT2D eigenvalue weighted by molar-refractivity contribution is 7.81. The summed E-state index contributed by atoms with van der Waals surface area (Å²) in [5.74, 6) is 0.929. The lowest BCUT2D eigenvalue weighted by molar-refractivity contribution is -0.118. The van der Waals surface area contributed by atoms with Crippen LogP contribution in [0.4, 0.5) is 0 Å². The van der Waals surface area contributed by atoms with E-state index in [2.05, 4.69) is 17.9 Å². The fraction of sp³-hybridized carbons (Fsp3) is 0.417. The number of amides is 1. The van der Waals surface area contributed by atoms with Crippen molar-refractivity contribution < 1.29 is 9.53 Å². The zero-order valence-corrected chi connectivity index (χ0v) is 10.7. The summed E-state index contributed by atoms with van der Waals surface area (Å²) < 4.78 is 5.28. The van der Waals surface area contributed by atoms with E-state index < -0.39 is 0 Å². The molecule has 0 bridgehead atoms. The molecule has 0 aliphatic rings. The third-order valence-corrected chi connectivity index (χ3v) is 2.80. The van der Waals surface area contributed by atoms with Crippen LogP contribution in [0.15, 0.2) is 12.1 Å². The van der Waals surface area contributed by atoms with Crippen LogP contribution in [0.5, 0.6) is 5.75 Å². The molecule has 0 atom stereocenters. The maximum absolute atomic E-state index is 11.1. The molecule has 0 heterocycles. The third kappa shape index (κ3) is 3.17. The molecule has 0 saturated heterocycles. The molecule has 4 heteroatoms. The summed E-state index contributed by atoms with van der Waals surface area (Å²) in [7, 11) is 1.63. The smallest absolute Gasteiger partial charge is 0.229 e. The number of methoxy groups -OCH3 is 1. The largest absolute Gasteiger partial charge is 0.496 e. The van der Waals surface area contributed by atoms with Crippen molar-refractivity contribution in [1.29, 1.82) is 0 Å². The van der Waals surface area contributed by atoms with Crippen LogP contribution in [0.1, 0.15) is 16.7 Å². The topological polar surface area (TPSA) is 38.3 Å². The normalized spacial score (nSPS) is 10.0. The molecular weight excluding hydrogens is 222 g/mol. The van der Waals surface area contributed by atoms with Gasteiger partial charge in [-0.25, -0.2) is 0 Å². The van der Waals surface area contributed by atoms with Gasteiger partial charge < -0.3 is 10.1 Å². The molecule has 0 aliphatic carbocycles. The van der Waals surface area contributed by atoms with E-state index in [1.807, 2.05) is 26.0 Å². The van der Waals surface area contributed by atoms with Gasteiger partial charge in [0.15, 0.2) is 0 Å². The molecule has 1 amide bonds. The lowest BCUT2D eigenvalue weighted by atomic mass is 10.0. The van der Waals surface area contributed by atoms with E-state index in [9.17, 15) is 4.79 Å². The number of benzene rings is 1. The fourth-order valence-corrected chi connectivity index (χ4v) is 1.54. The molecule has 1 aromatic carbocycles. The molecule has 3 nitrogen and oxygen atoms in total. The highest BCUT2D eigenvalue weighted by Gasteiger charge is 2.06. The minimum absolute atomic E-state index is 0.0800. The van der Waals surface area contributed by atoms with Crippen molar-refractivity contribution in [1.82, 2.24) is 5.32 Å². The summed E-state index contributed by atoms with van der Waals surface area (Å²) in [6, 6.07) is 4.02. The summed E-state index contributed by atoms with van der Waals surface area (Å²) >= 11 is 3.90. The van der Waals surface area contributed by atoms with Crippen molar-refractivity contribution in [3.8, 4) is 5.75 Å². The third-order valence-electron chi connectivity index (χ3n) is 2.52. The molecular formula is C12H17NO2S. The lowest BCUT2D eigenvalue weighted by Crippen LogP contribution is -2.24. The number of ether oxygens (including phenoxy) is 1. The molecule has 0 fully saturated rings. The van der Waals surface area contributed by atoms with Gasteiger partial charge in [0, 0.05) is 12.1 Å². The molecule has 1 rings (SSSR count). The van der Waals surface area contributed by atoms with Crippen LogP contribution >= 0.6 is 12.6 Å². The van der Waals surface area contributed by atoms with Crippen molar-refractivity contribution >= 4 is 18.5 Å². The van der Waals surface area contributed by atoms with Gasteiger partial charge in [0.05, 0.1) is 12.9 Å². The number of carbonyl (C=O) groups excluding carboxylic acids is 1. The lowest BCUT2D eigenvalue weighted by Gasteiger charge is -2.12. The predicted octanol–water partition coefficient (Wildman–Crippen LogP) is 1.86. The first kappa shape index (κ1) is 12.9. The molecule has 0 aromatic heterocycles. The highest BCUT2D eigenvalue weighted by Crippen LogP contribution is 2.22. The van der Waals surface area contributed by atoms with E-state index in [0.29, 0.717) is 6.54 Å². The van der Waals surface area contributed by atoms with Gasteiger partial charge in [-0.2, -0.15) is 12.6 Å². The first-order valence-electron chi connectivity index (χ1n) is 5.10. The maximum Gasteiger partial charge on any atom is 0.229 e. The SMILES string of the molecule is COc1cc(C)c(C)cc1CNC(=O)CS. The number of carbonyl (C=O) groups is 1. The second-order valence-electron chi connectivity index (χ2n) is 3.68. The average Bonchev–Trinajstić information content (AvgIpc) is 2.29. The van der Waals surface area contributed by atoms with Gasteiger partial charge in [-0.15, -0.1) is 0 Å². The summed E-state index contributed by atoms with van der Waals surface area (Å²) in [5.41, 5.74) is 3.36. The Morgan fingerprint density at radius 1 is 1.38 bits per heavy atom. The Hall–Kier alpha value is -1.16. The van der Waals surface area contributed by atoms with Crippen molar-refractivity contribution in [2.24, 2.45) is 0 Å². The van der Waals surface area contributed by atoms with E-state index in [-0.39, 0.29) is 11.7 Å². The molecule has 88 valence electrons. The number of nitrogens with one attached hydrogen (secondary N) is 1. The molecule has 0 radical (unpaired) electrons. The number of thiol groups is 1. The minimum atomic E-state index is -0.0800. The number of aryl methyl sites for hydroxylation is 2. The second kappa shape index (κ2) is 5.80. The van der Waals surface area contributed by atoms with Crippen LogP contribution in [0, 0.1) is 13.8 Å². The molecule has 0 unspecified atom stereocenters. The van der Waals surface area contributed by atoms with Crippen molar-refractivity contribution in [2.75, 3.05) is 12.9 Å². The number of rotatable bonds is 4. The standard InChI is InChI=1S/C12H17NO2S/c1-8-4-10(6-13-12(14)7-16)11(15-3)5-9(8)2/h4-5,16H,6-7H2,1-3H3,(H,13,14). The quantitative estimate of drug-likeness (QED) is 0.787. The van der Waals surface area contributed by atoms with E-state index in [1.54, 1.807) is 7.11 Å². The molecule has 0 spiro atoms. The van der Waals surface area contributed by atoms with Gasteiger partial charge in [-0.05, 0) is 31.0 Å². The molecule has 0 saturated carbocycles.